The van der Waals surface area contributed by atoms with Crippen LogP contribution in [-0.4, -0.2) is 23.7 Å². The molecule has 0 aliphatic heterocycles. The van der Waals surface area contributed by atoms with E-state index in [9.17, 15) is 9.90 Å². The van der Waals surface area contributed by atoms with Crippen molar-refractivity contribution in [2.24, 2.45) is 0 Å². The maximum absolute atomic E-state index is 11.3. The fourth-order valence-electron chi connectivity index (χ4n) is 2.24. The lowest BCUT2D eigenvalue weighted by Gasteiger charge is -2.34. The highest BCUT2D eigenvalue weighted by atomic mass is 16.4. The highest BCUT2D eigenvalue weighted by Crippen LogP contribution is 2.28. The van der Waals surface area contributed by atoms with Gasteiger partial charge in [-0.25, -0.2) is 0 Å². The molecule has 2 N–H and O–H groups in total. The second-order valence-electron chi connectivity index (χ2n) is 4.08. The van der Waals surface area contributed by atoms with Crippen molar-refractivity contribution in [1.82, 2.24) is 5.32 Å². The Hall–Kier alpha value is -1.35. The molecule has 0 heterocycles. The summed E-state index contributed by atoms with van der Waals surface area (Å²) < 4.78 is 0. The fourth-order valence-corrected chi connectivity index (χ4v) is 2.24. The van der Waals surface area contributed by atoms with Gasteiger partial charge < -0.3 is 10.4 Å². The molecule has 1 aliphatic rings. The molecule has 15 heavy (non-hydrogen) atoms. The zero-order valence-corrected chi connectivity index (χ0v) is 8.79. The van der Waals surface area contributed by atoms with Gasteiger partial charge in [0.2, 0.25) is 0 Å². The Morgan fingerprint density at radius 3 is 2.67 bits per heavy atom. The van der Waals surface area contributed by atoms with Crippen molar-refractivity contribution >= 4 is 5.97 Å². The third-order valence-electron chi connectivity index (χ3n) is 3.32. The molecule has 0 bridgehead atoms. The molecule has 1 atom stereocenters. The first kappa shape index (κ1) is 10.2. The number of aliphatic carboxylic acids is 1. The fraction of sp³-hybridized carbons (Fsp3) is 0.417. The number of likely N-dealkylation sites (N-methyl/N-ethyl adjacent to an activating group) is 1. The first-order valence-corrected chi connectivity index (χ1v) is 5.17. The lowest BCUT2D eigenvalue weighted by Crippen LogP contribution is -2.54. The van der Waals surface area contributed by atoms with Crippen molar-refractivity contribution < 1.29 is 9.90 Å². The monoisotopic (exact) mass is 205 g/mol. The van der Waals surface area contributed by atoms with Crippen LogP contribution in [0, 0.1) is 0 Å². The van der Waals surface area contributed by atoms with Crippen molar-refractivity contribution in [2.45, 2.75) is 24.8 Å². The average Bonchev–Trinajstić information content (AvgIpc) is 2.28. The number of nitrogens with one attached hydrogen (secondary N) is 1. The summed E-state index contributed by atoms with van der Waals surface area (Å²) in [5.74, 6) is -0.750. The number of benzene rings is 1. The highest BCUT2D eigenvalue weighted by molar-refractivity contribution is 5.79. The number of carboxylic acids is 1. The second-order valence-corrected chi connectivity index (χ2v) is 4.08. The van der Waals surface area contributed by atoms with E-state index in [0.717, 1.165) is 12.0 Å². The molecule has 0 fully saturated rings. The maximum atomic E-state index is 11.3. The summed E-state index contributed by atoms with van der Waals surface area (Å²) in [6, 6.07) is 8.07. The van der Waals surface area contributed by atoms with E-state index in [0.29, 0.717) is 12.8 Å². The highest BCUT2D eigenvalue weighted by Gasteiger charge is 2.39. The molecule has 1 aliphatic carbocycles. The minimum Gasteiger partial charge on any atom is -0.480 e. The van der Waals surface area contributed by atoms with Gasteiger partial charge in [0.25, 0.3) is 0 Å². The Labute approximate surface area is 89.1 Å². The van der Waals surface area contributed by atoms with Crippen LogP contribution in [0.5, 0.6) is 0 Å². The van der Waals surface area contributed by atoms with Crippen molar-refractivity contribution in [2.75, 3.05) is 7.05 Å². The zero-order valence-electron chi connectivity index (χ0n) is 8.79. The Balaban J connectivity index is 2.35. The van der Waals surface area contributed by atoms with Crippen LogP contribution in [0.15, 0.2) is 24.3 Å². The molecule has 3 heteroatoms. The predicted molar refractivity (Wildman–Crippen MR) is 57.9 cm³/mol. The quantitative estimate of drug-likeness (QED) is 0.763. The third-order valence-corrected chi connectivity index (χ3v) is 3.32. The van der Waals surface area contributed by atoms with E-state index in [1.807, 2.05) is 18.2 Å². The molecule has 0 unspecified atom stereocenters. The minimum atomic E-state index is -0.769. The van der Waals surface area contributed by atoms with Crippen LogP contribution in [0.1, 0.15) is 17.5 Å². The first-order chi connectivity index (χ1) is 7.18. The van der Waals surface area contributed by atoms with Gasteiger partial charge in [-0.1, -0.05) is 24.3 Å². The smallest absolute Gasteiger partial charge is 0.324 e. The van der Waals surface area contributed by atoms with Gasteiger partial charge in [0.1, 0.15) is 5.54 Å². The van der Waals surface area contributed by atoms with Gasteiger partial charge in [-0.15, -0.1) is 0 Å². The predicted octanol–water partition coefficient (Wildman–Crippen LogP) is 1.22. The Kier molecular flexibility index (Phi) is 2.49. The molecule has 0 spiro atoms. The minimum absolute atomic E-state index is 0.578. The normalized spacial score (nSPS) is 24.6. The second kappa shape index (κ2) is 3.66. The summed E-state index contributed by atoms with van der Waals surface area (Å²) in [5.41, 5.74) is 1.67. The van der Waals surface area contributed by atoms with Gasteiger partial charge >= 0.3 is 5.97 Å². The number of hydrogen-bond donors (Lipinski definition) is 2. The van der Waals surface area contributed by atoms with E-state index in [1.165, 1.54) is 5.56 Å². The van der Waals surface area contributed by atoms with Gasteiger partial charge in [0.15, 0.2) is 0 Å². The van der Waals surface area contributed by atoms with E-state index in [4.69, 9.17) is 0 Å². The van der Waals surface area contributed by atoms with Crippen molar-refractivity contribution in [3.05, 3.63) is 35.4 Å². The van der Waals surface area contributed by atoms with Crippen molar-refractivity contribution in [1.29, 1.82) is 0 Å². The molecule has 0 aromatic heterocycles. The standard InChI is InChI=1S/C12H15NO2/c1-13-12(11(14)15)7-6-9-4-2-3-5-10(9)8-12/h2-5,13H,6-8H2,1H3,(H,14,15)/t12-/m0/s1. The number of fused-ring (bicyclic) bond motifs is 1. The summed E-state index contributed by atoms with van der Waals surface area (Å²) in [6.07, 6.45) is 2.08. The molecule has 0 radical (unpaired) electrons. The van der Waals surface area contributed by atoms with Crippen molar-refractivity contribution in [3.63, 3.8) is 0 Å². The van der Waals surface area contributed by atoms with Crippen LogP contribution in [0.25, 0.3) is 0 Å². The van der Waals surface area contributed by atoms with E-state index in [-0.39, 0.29) is 0 Å². The number of aryl methyl sites for hydroxylation is 1. The van der Waals surface area contributed by atoms with Crippen LogP contribution in [0.3, 0.4) is 0 Å². The Bertz CT molecular complexity index is 389. The molecule has 0 amide bonds. The Morgan fingerprint density at radius 2 is 2.07 bits per heavy atom. The SMILES string of the molecule is CN[C@@]1(C(=O)O)CCc2ccccc2C1. The largest absolute Gasteiger partial charge is 0.480 e. The molecule has 1 aromatic carbocycles. The van der Waals surface area contributed by atoms with Crippen LogP contribution < -0.4 is 5.32 Å². The molecular weight excluding hydrogens is 190 g/mol. The molecule has 2 rings (SSSR count). The van der Waals surface area contributed by atoms with Gasteiger partial charge in [-0.2, -0.15) is 0 Å². The lowest BCUT2D eigenvalue weighted by molar-refractivity contribution is -0.145. The van der Waals surface area contributed by atoms with Gasteiger partial charge in [0, 0.05) is 6.42 Å². The van der Waals surface area contributed by atoms with E-state index in [2.05, 4.69) is 11.4 Å². The topological polar surface area (TPSA) is 49.3 Å². The molecule has 0 saturated heterocycles. The molecule has 3 nitrogen and oxygen atoms in total. The van der Waals surface area contributed by atoms with E-state index in [1.54, 1.807) is 7.05 Å². The third kappa shape index (κ3) is 1.63. The number of hydrogen-bond acceptors (Lipinski definition) is 2. The molecule has 80 valence electrons. The summed E-state index contributed by atoms with van der Waals surface area (Å²) in [6.45, 7) is 0. The molecule has 1 aromatic rings. The molecular formula is C12H15NO2. The van der Waals surface area contributed by atoms with Crippen molar-refractivity contribution in [3.8, 4) is 0 Å². The number of rotatable bonds is 2. The summed E-state index contributed by atoms with van der Waals surface area (Å²) in [4.78, 5) is 11.3. The number of carboxylic acid groups (broad SMARTS) is 1. The first-order valence-electron chi connectivity index (χ1n) is 5.17. The van der Waals surface area contributed by atoms with E-state index >= 15 is 0 Å². The summed E-state index contributed by atoms with van der Waals surface area (Å²) in [7, 11) is 1.72. The van der Waals surface area contributed by atoms with Crippen LogP contribution in [-0.2, 0) is 17.6 Å². The van der Waals surface area contributed by atoms with Crippen LogP contribution in [0.4, 0.5) is 0 Å². The van der Waals surface area contributed by atoms with Crippen LogP contribution >= 0.6 is 0 Å². The maximum Gasteiger partial charge on any atom is 0.324 e. The van der Waals surface area contributed by atoms with Gasteiger partial charge in [-0.05, 0) is 31.0 Å². The lowest BCUT2D eigenvalue weighted by atomic mass is 9.78. The summed E-state index contributed by atoms with van der Waals surface area (Å²) in [5, 5.41) is 12.2. The van der Waals surface area contributed by atoms with E-state index < -0.39 is 11.5 Å². The van der Waals surface area contributed by atoms with Gasteiger partial charge in [-0.3, -0.25) is 4.79 Å². The number of carbonyl (C=O) groups is 1. The molecule has 0 saturated carbocycles. The Morgan fingerprint density at radius 1 is 1.40 bits per heavy atom. The van der Waals surface area contributed by atoms with Gasteiger partial charge in [0.05, 0.1) is 0 Å². The average molecular weight is 205 g/mol. The van der Waals surface area contributed by atoms with Crippen LogP contribution in [0.2, 0.25) is 0 Å². The zero-order chi connectivity index (χ0) is 10.9. The summed E-state index contributed by atoms with van der Waals surface area (Å²) >= 11 is 0.